The second-order valence-electron chi connectivity index (χ2n) is 6.64. The number of halogens is 2. The molecule has 0 radical (unpaired) electrons. The van der Waals surface area contributed by atoms with Gasteiger partial charge in [-0.25, -0.2) is 0 Å². The number of nitrogens with zero attached hydrogens (tertiary/aromatic N) is 2. The first-order valence-electron chi connectivity index (χ1n) is 9.04. The van der Waals surface area contributed by atoms with Gasteiger partial charge in [0.2, 0.25) is 11.8 Å². The zero-order valence-electron chi connectivity index (χ0n) is 15.3. The summed E-state index contributed by atoms with van der Waals surface area (Å²) in [6.45, 7) is 3.51. The molecular weight excluding hydrogens is 399 g/mol. The molecule has 2 amide bonds. The Morgan fingerprint density at radius 3 is 2.04 bits per heavy atom. The number of rotatable bonds is 6. The van der Waals surface area contributed by atoms with Gasteiger partial charge in [0.1, 0.15) is 0 Å². The van der Waals surface area contributed by atoms with E-state index in [2.05, 4.69) is 20.4 Å². The summed E-state index contributed by atoms with van der Waals surface area (Å²) in [5.41, 5.74) is 1.30. The maximum absolute atomic E-state index is 12.2. The molecule has 0 saturated carbocycles. The third kappa shape index (κ3) is 6.21. The molecule has 0 bridgehead atoms. The number of anilines is 2. The summed E-state index contributed by atoms with van der Waals surface area (Å²) in [5, 5.41) is 6.79. The third-order valence-corrected chi connectivity index (χ3v) is 5.02. The van der Waals surface area contributed by atoms with Crippen LogP contribution in [-0.4, -0.2) is 60.9 Å². The molecule has 1 aliphatic heterocycles. The standard InChI is InChI=1S/C20H22Cl2N4O2/c21-15-4-3-5-16(12-15)23-19(27)13-25-8-10-26(11-9-25)14-20(28)24-18-7-2-1-6-17(18)22/h1-7,12H,8-11,13-14H2,(H,23,27)(H,24,28). The molecular formula is C20H22Cl2N4O2. The lowest BCUT2D eigenvalue weighted by molar-refractivity contribution is -0.120. The number of hydrogen-bond donors (Lipinski definition) is 2. The average molecular weight is 421 g/mol. The van der Waals surface area contributed by atoms with Gasteiger partial charge < -0.3 is 10.6 Å². The van der Waals surface area contributed by atoms with E-state index in [-0.39, 0.29) is 11.8 Å². The molecule has 0 aromatic heterocycles. The molecule has 2 aromatic rings. The normalized spacial score (nSPS) is 15.2. The average Bonchev–Trinajstić information content (AvgIpc) is 2.65. The van der Waals surface area contributed by atoms with Crippen molar-refractivity contribution < 1.29 is 9.59 Å². The van der Waals surface area contributed by atoms with Crippen LogP contribution in [0, 0.1) is 0 Å². The van der Waals surface area contributed by atoms with Crippen LogP contribution < -0.4 is 10.6 Å². The Morgan fingerprint density at radius 1 is 0.821 bits per heavy atom. The van der Waals surface area contributed by atoms with Gasteiger partial charge in [-0.1, -0.05) is 41.4 Å². The number of carbonyl (C=O) groups is 2. The van der Waals surface area contributed by atoms with Crippen molar-refractivity contribution >= 4 is 46.4 Å². The molecule has 1 fully saturated rings. The van der Waals surface area contributed by atoms with Crippen LogP contribution in [0.1, 0.15) is 0 Å². The predicted octanol–water partition coefficient (Wildman–Crippen LogP) is 3.19. The van der Waals surface area contributed by atoms with Crippen LogP contribution in [0.4, 0.5) is 11.4 Å². The van der Waals surface area contributed by atoms with Gasteiger partial charge in [-0.15, -0.1) is 0 Å². The highest BCUT2D eigenvalue weighted by atomic mass is 35.5. The third-order valence-electron chi connectivity index (χ3n) is 4.46. The number of hydrogen-bond acceptors (Lipinski definition) is 4. The summed E-state index contributed by atoms with van der Waals surface area (Å²) in [6.07, 6.45) is 0. The van der Waals surface area contributed by atoms with E-state index in [0.717, 1.165) is 26.2 Å². The predicted molar refractivity (Wildman–Crippen MR) is 113 cm³/mol. The summed E-state index contributed by atoms with van der Waals surface area (Å²) >= 11 is 12.0. The fourth-order valence-electron chi connectivity index (χ4n) is 3.03. The maximum Gasteiger partial charge on any atom is 0.238 e. The van der Waals surface area contributed by atoms with Gasteiger partial charge in [0.25, 0.3) is 0 Å². The Hall–Kier alpha value is -2.12. The summed E-state index contributed by atoms with van der Waals surface area (Å²) < 4.78 is 0. The van der Waals surface area contributed by atoms with E-state index < -0.39 is 0 Å². The van der Waals surface area contributed by atoms with Crippen molar-refractivity contribution in [2.75, 3.05) is 49.9 Å². The molecule has 28 heavy (non-hydrogen) atoms. The van der Waals surface area contributed by atoms with Crippen LogP contribution in [0.25, 0.3) is 0 Å². The van der Waals surface area contributed by atoms with Gasteiger partial charge in [0.15, 0.2) is 0 Å². The van der Waals surface area contributed by atoms with Gasteiger partial charge in [-0.3, -0.25) is 19.4 Å². The van der Waals surface area contributed by atoms with E-state index in [1.54, 1.807) is 36.4 Å². The largest absolute Gasteiger partial charge is 0.325 e. The molecule has 2 aromatic carbocycles. The lowest BCUT2D eigenvalue weighted by Crippen LogP contribution is -2.50. The highest BCUT2D eigenvalue weighted by Gasteiger charge is 2.21. The Bertz CT molecular complexity index is 838. The van der Waals surface area contributed by atoms with Gasteiger partial charge in [-0.05, 0) is 30.3 Å². The minimum atomic E-state index is -0.0970. The molecule has 0 unspecified atom stereocenters. The van der Waals surface area contributed by atoms with Crippen LogP contribution in [-0.2, 0) is 9.59 Å². The maximum atomic E-state index is 12.2. The van der Waals surface area contributed by atoms with Crippen LogP contribution in [0.3, 0.4) is 0 Å². The van der Waals surface area contributed by atoms with Crippen LogP contribution in [0.2, 0.25) is 10.0 Å². The minimum Gasteiger partial charge on any atom is -0.325 e. The minimum absolute atomic E-state index is 0.0767. The molecule has 148 valence electrons. The number of benzene rings is 2. The number of amides is 2. The lowest BCUT2D eigenvalue weighted by atomic mass is 10.3. The Morgan fingerprint density at radius 2 is 1.43 bits per heavy atom. The van der Waals surface area contributed by atoms with E-state index >= 15 is 0 Å². The Labute approximate surface area is 174 Å². The molecule has 1 heterocycles. The summed E-state index contributed by atoms with van der Waals surface area (Å²) in [6, 6.07) is 14.2. The monoisotopic (exact) mass is 420 g/mol. The molecule has 6 nitrogen and oxygen atoms in total. The number of piperazine rings is 1. The molecule has 3 rings (SSSR count). The number of para-hydroxylation sites is 1. The van der Waals surface area contributed by atoms with Crippen molar-refractivity contribution in [3.8, 4) is 0 Å². The highest BCUT2D eigenvalue weighted by Crippen LogP contribution is 2.20. The van der Waals surface area contributed by atoms with E-state index in [9.17, 15) is 9.59 Å². The fraction of sp³-hybridized carbons (Fsp3) is 0.300. The zero-order chi connectivity index (χ0) is 19.9. The van der Waals surface area contributed by atoms with Gasteiger partial charge in [0.05, 0.1) is 23.8 Å². The molecule has 1 aliphatic rings. The first kappa shape index (κ1) is 20.6. The SMILES string of the molecule is O=C(CN1CCN(CC(=O)Nc2ccccc2Cl)CC1)Nc1cccc(Cl)c1. The van der Waals surface area contributed by atoms with Crippen molar-refractivity contribution in [2.45, 2.75) is 0 Å². The summed E-state index contributed by atoms with van der Waals surface area (Å²) in [7, 11) is 0. The van der Waals surface area contributed by atoms with Crippen molar-refractivity contribution in [2.24, 2.45) is 0 Å². The molecule has 0 atom stereocenters. The van der Waals surface area contributed by atoms with E-state index in [1.165, 1.54) is 0 Å². The smallest absolute Gasteiger partial charge is 0.238 e. The fourth-order valence-corrected chi connectivity index (χ4v) is 3.40. The summed E-state index contributed by atoms with van der Waals surface area (Å²) in [4.78, 5) is 28.6. The first-order valence-corrected chi connectivity index (χ1v) is 9.80. The van der Waals surface area contributed by atoms with Crippen molar-refractivity contribution in [1.82, 2.24) is 9.80 Å². The number of nitrogens with one attached hydrogen (secondary N) is 2. The Balaban J connectivity index is 1.40. The second-order valence-corrected chi connectivity index (χ2v) is 7.48. The van der Waals surface area contributed by atoms with Crippen LogP contribution >= 0.6 is 23.2 Å². The highest BCUT2D eigenvalue weighted by molar-refractivity contribution is 6.33. The van der Waals surface area contributed by atoms with E-state index in [4.69, 9.17) is 23.2 Å². The zero-order valence-corrected chi connectivity index (χ0v) is 16.8. The van der Waals surface area contributed by atoms with Gasteiger partial charge in [0, 0.05) is 36.9 Å². The van der Waals surface area contributed by atoms with Crippen molar-refractivity contribution in [1.29, 1.82) is 0 Å². The van der Waals surface area contributed by atoms with Crippen molar-refractivity contribution in [3.05, 3.63) is 58.6 Å². The molecule has 0 spiro atoms. The first-order chi connectivity index (χ1) is 13.5. The molecule has 1 saturated heterocycles. The number of carbonyl (C=O) groups excluding carboxylic acids is 2. The second kappa shape index (κ2) is 9.89. The molecule has 0 aliphatic carbocycles. The van der Waals surface area contributed by atoms with Crippen LogP contribution in [0.15, 0.2) is 48.5 Å². The molecule has 2 N–H and O–H groups in total. The van der Waals surface area contributed by atoms with Gasteiger partial charge in [-0.2, -0.15) is 0 Å². The Kier molecular flexibility index (Phi) is 7.28. The van der Waals surface area contributed by atoms with Crippen LogP contribution in [0.5, 0.6) is 0 Å². The quantitative estimate of drug-likeness (QED) is 0.752. The lowest BCUT2D eigenvalue weighted by Gasteiger charge is -2.33. The summed E-state index contributed by atoms with van der Waals surface area (Å²) in [5.74, 6) is -0.174. The van der Waals surface area contributed by atoms with Crippen molar-refractivity contribution in [3.63, 3.8) is 0 Å². The van der Waals surface area contributed by atoms with E-state index in [1.807, 2.05) is 12.1 Å². The van der Waals surface area contributed by atoms with E-state index in [0.29, 0.717) is 34.5 Å². The topological polar surface area (TPSA) is 64.7 Å². The van der Waals surface area contributed by atoms with Gasteiger partial charge >= 0.3 is 0 Å². The molecule has 8 heteroatoms.